The fourth-order valence-electron chi connectivity index (χ4n) is 4.44. The maximum atomic E-state index is 6.31. The van der Waals surface area contributed by atoms with E-state index in [4.69, 9.17) is 14.0 Å². The smallest absolute Gasteiger partial charge is 0.404 e. The van der Waals surface area contributed by atoms with Gasteiger partial charge in [-0.2, -0.15) is 0 Å². The minimum Gasteiger partial charge on any atom is -0.404 e. The van der Waals surface area contributed by atoms with E-state index in [0.29, 0.717) is 17.9 Å². The molecule has 0 aromatic carbocycles. The first kappa shape index (κ1) is 13.0. The SMILES string of the molecule is CCO[C@@H](C)B1OC2C[C@@H]3C[C@@H](C3(C)C)[C@]2(C)O1. The van der Waals surface area contributed by atoms with Gasteiger partial charge in [-0.3, -0.25) is 0 Å². The van der Waals surface area contributed by atoms with Crippen molar-refractivity contribution in [2.24, 2.45) is 17.3 Å². The summed E-state index contributed by atoms with van der Waals surface area (Å²) in [5.74, 6) is 1.44. The topological polar surface area (TPSA) is 27.7 Å². The normalized spacial score (nSPS) is 46.5. The monoisotopic (exact) mass is 252 g/mol. The van der Waals surface area contributed by atoms with Crippen molar-refractivity contribution in [1.29, 1.82) is 0 Å². The van der Waals surface area contributed by atoms with Crippen LogP contribution < -0.4 is 0 Å². The molecule has 4 fully saturated rings. The molecule has 1 saturated heterocycles. The first-order valence-electron chi connectivity index (χ1n) is 7.34. The van der Waals surface area contributed by atoms with Crippen molar-refractivity contribution in [1.82, 2.24) is 0 Å². The molecule has 102 valence electrons. The van der Waals surface area contributed by atoms with Crippen LogP contribution >= 0.6 is 0 Å². The highest BCUT2D eigenvalue weighted by atomic mass is 16.7. The van der Waals surface area contributed by atoms with Gasteiger partial charge < -0.3 is 14.0 Å². The summed E-state index contributed by atoms with van der Waals surface area (Å²) in [5.41, 5.74) is 0.312. The molecule has 3 saturated carbocycles. The van der Waals surface area contributed by atoms with Crippen LogP contribution in [0.15, 0.2) is 0 Å². The summed E-state index contributed by atoms with van der Waals surface area (Å²) in [4.78, 5) is 0. The van der Waals surface area contributed by atoms with E-state index in [1.54, 1.807) is 0 Å². The van der Waals surface area contributed by atoms with Crippen molar-refractivity contribution in [2.75, 3.05) is 6.61 Å². The molecule has 4 rings (SSSR count). The third-order valence-electron chi connectivity index (χ3n) is 5.78. The third-order valence-corrected chi connectivity index (χ3v) is 5.78. The fraction of sp³-hybridized carbons (Fsp3) is 1.00. The standard InChI is InChI=1S/C14H25BO3/c1-6-16-9(2)15-17-12-8-10-7-11(13(10,3)4)14(12,5)18-15/h9-12H,6-8H2,1-5H3/t9-,10-,11-,12?,14-/m0/s1. The highest BCUT2D eigenvalue weighted by molar-refractivity contribution is 6.46. The van der Waals surface area contributed by atoms with E-state index < -0.39 is 0 Å². The Balaban J connectivity index is 1.76. The molecule has 0 amide bonds. The van der Waals surface area contributed by atoms with Crippen LogP contribution in [0.5, 0.6) is 0 Å². The minimum atomic E-state index is -0.185. The minimum absolute atomic E-state index is 0.0257. The first-order valence-corrected chi connectivity index (χ1v) is 7.34. The molecule has 1 aliphatic heterocycles. The molecule has 1 unspecified atom stereocenters. The molecule has 0 radical (unpaired) electrons. The number of rotatable bonds is 3. The summed E-state index contributed by atoms with van der Waals surface area (Å²) in [5, 5.41) is 0. The Kier molecular flexibility index (Phi) is 2.86. The molecule has 0 N–H and O–H groups in total. The Hall–Kier alpha value is -0.0551. The van der Waals surface area contributed by atoms with Gasteiger partial charge in [0.15, 0.2) is 0 Å². The molecule has 3 nitrogen and oxygen atoms in total. The molecule has 3 aliphatic carbocycles. The number of hydrogen-bond donors (Lipinski definition) is 0. The zero-order valence-electron chi connectivity index (χ0n) is 12.2. The summed E-state index contributed by atoms with van der Waals surface area (Å²) < 4.78 is 18.1. The second kappa shape index (κ2) is 3.97. The van der Waals surface area contributed by atoms with Crippen molar-refractivity contribution >= 4 is 7.12 Å². The van der Waals surface area contributed by atoms with Crippen LogP contribution in [0.3, 0.4) is 0 Å². The molecule has 4 heteroatoms. The van der Waals surface area contributed by atoms with Crippen molar-refractivity contribution in [3.8, 4) is 0 Å². The van der Waals surface area contributed by atoms with Crippen LogP contribution in [-0.4, -0.2) is 31.4 Å². The van der Waals surface area contributed by atoms with Gasteiger partial charge in [0, 0.05) is 6.61 Å². The van der Waals surface area contributed by atoms with E-state index in [2.05, 4.69) is 20.8 Å². The molecular weight excluding hydrogens is 227 g/mol. The van der Waals surface area contributed by atoms with Crippen molar-refractivity contribution < 1.29 is 14.0 Å². The lowest BCUT2D eigenvalue weighted by atomic mass is 9.43. The van der Waals surface area contributed by atoms with Gasteiger partial charge in [-0.05, 0) is 50.9 Å². The Morgan fingerprint density at radius 2 is 2.06 bits per heavy atom. The molecule has 2 bridgehead atoms. The lowest BCUT2D eigenvalue weighted by Crippen LogP contribution is -2.65. The van der Waals surface area contributed by atoms with E-state index in [9.17, 15) is 0 Å². The van der Waals surface area contributed by atoms with E-state index in [1.165, 1.54) is 6.42 Å². The second-order valence-electron chi connectivity index (χ2n) is 7.00. The summed E-state index contributed by atoms with van der Waals surface area (Å²) in [6, 6.07) is 0.0257. The highest BCUT2D eigenvalue weighted by Gasteiger charge is 2.68. The Labute approximate surface area is 111 Å². The Bertz CT molecular complexity index is 346. The molecule has 5 atom stereocenters. The van der Waals surface area contributed by atoms with Gasteiger partial charge in [0.1, 0.15) is 0 Å². The Morgan fingerprint density at radius 3 is 2.67 bits per heavy atom. The predicted molar refractivity (Wildman–Crippen MR) is 71.2 cm³/mol. The van der Waals surface area contributed by atoms with E-state index >= 15 is 0 Å². The maximum Gasteiger partial charge on any atom is 0.488 e. The van der Waals surface area contributed by atoms with Crippen LogP contribution in [0.1, 0.15) is 47.5 Å². The van der Waals surface area contributed by atoms with Gasteiger partial charge in [-0.15, -0.1) is 0 Å². The number of ether oxygens (including phenoxy) is 1. The molecule has 4 aliphatic rings. The lowest BCUT2D eigenvalue weighted by Gasteiger charge is -2.64. The van der Waals surface area contributed by atoms with Gasteiger partial charge in [0.2, 0.25) is 0 Å². The van der Waals surface area contributed by atoms with Gasteiger partial charge in [-0.1, -0.05) is 13.8 Å². The molecule has 18 heavy (non-hydrogen) atoms. The summed E-state index contributed by atoms with van der Waals surface area (Å²) in [6.07, 6.45) is 2.72. The van der Waals surface area contributed by atoms with Crippen LogP contribution in [-0.2, 0) is 14.0 Å². The quantitative estimate of drug-likeness (QED) is 0.723. The predicted octanol–water partition coefficient (Wildman–Crippen LogP) is 2.68. The second-order valence-corrected chi connectivity index (χ2v) is 7.00. The zero-order chi connectivity index (χ0) is 13.1. The largest absolute Gasteiger partial charge is 0.488 e. The average molecular weight is 252 g/mol. The van der Waals surface area contributed by atoms with Gasteiger partial charge in [0.05, 0.1) is 17.7 Å². The van der Waals surface area contributed by atoms with E-state index in [1.807, 2.05) is 13.8 Å². The zero-order valence-corrected chi connectivity index (χ0v) is 12.2. The van der Waals surface area contributed by atoms with Crippen molar-refractivity contribution in [3.05, 3.63) is 0 Å². The fourth-order valence-corrected chi connectivity index (χ4v) is 4.44. The summed E-state index contributed by atoms with van der Waals surface area (Å²) >= 11 is 0. The average Bonchev–Trinajstić information content (AvgIpc) is 2.65. The van der Waals surface area contributed by atoms with Crippen LogP contribution in [0.25, 0.3) is 0 Å². The van der Waals surface area contributed by atoms with E-state index in [-0.39, 0.29) is 24.8 Å². The number of hydrogen-bond acceptors (Lipinski definition) is 3. The van der Waals surface area contributed by atoms with Crippen LogP contribution in [0.2, 0.25) is 0 Å². The molecule has 0 aromatic heterocycles. The van der Waals surface area contributed by atoms with Gasteiger partial charge >= 0.3 is 7.12 Å². The third kappa shape index (κ3) is 1.55. The molecular formula is C14H25BO3. The maximum absolute atomic E-state index is 6.31. The van der Waals surface area contributed by atoms with Crippen molar-refractivity contribution in [2.45, 2.75) is 65.2 Å². The molecule has 0 aromatic rings. The van der Waals surface area contributed by atoms with E-state index in [0.717, 1.165) is 12.3 Å². The van der Waals surface area contributed by atoms with Crippen LogP contribution in [0, 0.1) is 17.3 Å². The van der Waals surface area contributed by atoms with Crippen molar-refractivity contribution in [3.63, 3.8) is 0 Å². The first-order chi connectivity index (χ1) is 8.39. The lowest BCUT2D eigenvalue weighted by molar-refractivity contribution is -0.199. The summed E-state index contributed by atoms with van der Waals surface area (Å²) in [6.45, 7) is 11.8. The molecule has 0 spiro atoms. The Morgan fingerprint density at radius 1 is 1.33 bits per heavy atom. The van der Waals surface area contributed by atoms with Crippen LogP contribution in [0.4, 0.5) is 0 Å². The molecule has 1 heterocycles. The summed E-state index contributed by atoms with van der Waals surface area (Å²) in [7, 11) is -0.185. The van der Waals surface area contributed by atoms with Gasteiger partial charge in [0.25, 0.3) is 0 Å². The van der Waals surface area contributed by atoms with Gasteiger partial charge in [-0.25, -0.2) is 0 Å². The highest BCUT2D eigenvalue weighted by Crippen LogP contribution is 2.65.